The van der Waals surface area contributed by atoms with Gasteiger partial charge in [-0.1, -0.05) is 12.1 Å². The Morgan fingerprint density at radius 2 is 2.08 bits per heavy atom. The molecule has 25 heavy (non-hydrogen) atoms. The molecule has 0 saturated carbocycles. The highest BCUT2D eigenvalue weighted by molar-refractivity contribution is 7.91. The van der Waals surface area contributed by atoms with Crippen LogP contribution in [0.5, 0.6) is 0 Å². The lowest BCUT2D eigenvalue weighted by Crippen LogP contribution is -2.02. The molecule has 0 atom stereocenters. The molecule has 3 aromatic rings. The van der Waals surface area contributed by atoms with Crippen LogP contribution in [0.1, 0.15) is 11.1 Å². The third kappa shape index (κ3) is 2.61. The average molecular weight is 355 g/mol. The van der Waals surface area contributed by atoms with Crippen molar-refractivity contribution in [2.24, 2.45) is 0 Å². The van der Waals surface area contributed by atoms with Crippen molar-refractivity contribution in [3.8, 4) is 0 Å². The van der Waals surface area contributed by atoms with E-state index < -0.39 is 9.84 Å². The summed E-state index contributed by atoms with van der Waals surface area (Å²) in [6.07, 6.45) is 2.02. The molecule has 1 aliphatic heterocycles. The van der Waals surface area contributed by atoms with Gasteiger partial charge in [-0.25, -0.2) is 8.42 Å². The normalized spacial score (nSPS) is 15.2. The lowest BCUT2D eigenvalue weighted by atomic mass is 10.0. The van der Waals surface area contributed by atoms with Crippen molar-refractivity contribution in [3.05, 3.63) is 53.7 Å². The highest BCUT2D eigenvalue weighted by Gasteiger charge is 2.29. The zero-order valence-corrected chi connectivity index (χ0v) is 14.2. The van der Waals surface area contributed by atoms with Gasteiger partial charge < -0.3 is 16.2 Å². The molecule has 0 saturated heterocycles. The van der Waals surface area contributed by atoms with Crippen molar-refractivity contribution >= 4 is 37.8 Å². The Kier molecular flexibility index (Phi) is 3.63. The van der Waals surface area contributed by atoms with Crippen LogP contribution in [0.2, 0.25) is 0 Å². The number of pyridine rings is 1. The van der Waals surface area contributed by atoms with Gasteiger partial charge in [-0.2, -0.15) is 0 Å². The molecule has 0 fully saturated rings. The number of nitrogens with zero attached hydrogens (tertiary/aromatic N) is 1. The van der Waals surface area contributed by atoms with Crippen LogP contribution >= 0.6 is 0 Å². The van der Waals surface area contributed by atoms with Crippen LogP contribution in [0, 0.1) is 0 Å². The summed E-state index contributed by atoms with van der Waals surface area (Å²) in [6, 6.07) is 10.7. The molecule has 6 nitrogen and oxygen atoms in total. The van der Waals surface area contributed by atoms with Crippen LogP contribution in [-0.2, 0) is 22.9 Å². The number of nitrogens with one attached hydrogen (secondary N) is 1. The maximum absolute atomic E-state index is 12.2. The molecule has 0 unspecified atom stereocenters. The van der Waals surface area contributed by atoms with Gasteiger partial charge >= 0.3 is 0 Å². The van der Waals surface area contributed by atoms with Gasteiger partial charge in [0.15, 0.2) is 9.84 Å². The minimum Gasteiger partial charge on any atom is -0.396 e. The van der Waals surface area contributed by atoms with Crippen LogP contribution in [0.4, 0.5) is 17.1 Å². The number of aliphatic hydroxyl groups excluding tert-OH is 1. The fourth-order valence-electron chi connectivity index (χ4n) is 3.26. The van der Waals surface area contributed by atoms with Gasteiger partial charge in [0.1, 0.15) is 0 Å². The number of aliphatic hydroxyl groups is 1. The van der Waals surface area contributed by atoms with Gasteiger partial charge in [0.05, 0.1) is 40.3 Å². The van der Waals surface area contributed by atoms with Crippen molar-refractivity contribution in [1.29, 1.82) is 0 Å². The van der Waals surface area contributed by atoms with Crippen LogP contribution < -0.4 is 11.1 Å². The van der Waals surface area contributed by atoms with Crippen LogP contribution in [-0.4, -0.2) is 24.3 Å². The number of nitrogens with two attached hydrogens (primary N) is 1. The van der Waals surface area contributed by atoms with E-state index in [2.05, 4.69) is 10.3 Å². The summed E-state index contributed by atoms with van der Waals surface area (Å²) in [5.74, 6) is 0.107. The number of benzene rings is 2. The topological polar surface area (TPSA) is 105 Å². The number of anilines is 3. The van der Waals surface area contributed by atoms with Crippen LogP contribution in [0.3, 0.4) is 0 Å². The van der Waals surface area contributed by atoms with Crippen LogP contribution in [0.15, 0.2) is 47.5 Å². The summed E-state index contributed by atoms with van der Waals surface area (Å²) in [4.78, 5) is 4.70. The van der Waals surface area contributed by atoms with Crippen molar-refractivity contribution in [3.63, 3.8) is 0 Å². The molecular formula is C18H17N3O3S. The average Bonchev–Trinajstić information content (AvgIpc) is 2.92. The third-order valence-electron chi connectivity index (χ3n) is 4.46. The SMILES string of the molecule is Nc1cnc2ccc3c(c2c1Nc1cccc(CO)c1)CCS3(=O)=O. The molecule has 0 aliphatic carbocycles. The first kappa shape index (κ1) is 15.9. The summed E-state index contributed by atoms with van der Waals surface area (Å²) >= 11 is 0. The number of rotatable bonds is 3. The number of hydrogen-bond acceptors (Lipinski definition) is 6. The van der Waals surface area contributed by atoms with Gasteiger partial charge in [-0.15, -0.1) is 0 Å². The van der Waals surface area contributed by atoms with Crippen molar-refractivity contribution < 1.29 is 13.5 Å². The van der Waals surface area contributed by atoms with E-state index in [1.807, 2.05) is 24.3 Å². The Balaban J connectivity index is 1.94. The van der Waals surface area contributed by atoms with E-state index in [1.165, 1.54) is 0 Å². The van der Waals surface area contributed by atoms with E-state index in [-0.39, 0.29) is 12.4 Å². The Bertz CT molecular complexity index is 1090. The van der Waals surface area contributed by atoms with E-state index in [1.54, 1.807) is 18.3 Å². The van der Waals surface area contributed by atoms with E-state index in [0.717, 1.165) is 22.2 Å². The van der Waals surface area contributed by atoms with Gasteiger partial charge in [0.2, 0.25) is 0 Å². The first-order valence-electron chi connectivity index (χ1n) is 7.89. The summed E-state index contributed by atoms with van der Waals surface area (Å²) in [5.41, 5.74) is 10.2. The number of hydrogen-bond donors (Lipinski definition) is 3. The second-order valence-electron chi connectivity index (χ2n) is 6.08. The zero-order chi connectivity index (χ0) is 17.6. The summed E-state index contributed by atoms with van der Waals surface area (Å²) in [5, 5.41) is 13.3. The van der Waals surface area contributed by atoms with E-state index in [9.17, 15) is 13.5 Å². The molecular weight excluding hydrogens is 338 g/mol. The molecule has 0 spiro atoms. The number of aromatic nitrogens is 1. The minimum absolute atomic E-state index is 0.0598. The van der Waals surface area contributed by atoms with Gasteiger partial charge in [0.25, 0.3) is 0 Å². The van der Waals surface area contributed by atoms with Crippen LogP contribution in [0.25, 0.3) is 10.9 Å². The van der Waals surface area contributed by atoms with Gasteiger partial charge in [-0.05, 0) is 41.8 Å². The fraction of sp³-hybridized carbons (Fsp3) is 0.167. The molecule has 2 heterocycles. The zero-order valence-electron chi connectivity index (χ0n) is 13.4. The molecule has 0 radical (unpaired) electrons. The smallest absolute Gasteiger partial charge is 0.179 e. The largest absolute Gasteiger partial charge is 0.396 e. The first-order valence-corrected chi connectivity index (χ1v) is 9.54. The predicted molar refractivity (Wildman–Crippen MR) is 97.6 cm³/mol. The molecule has 4 N–H and O–H groups in total. The molecule has 0 amide bonds. The maximum atomic E-state index is 12.2. The summed E-state index contributed by atoms with van der Waals surface area (Å²) in [6.45, 7) is -0.0598. The molecule has 128 valence electrons. The molecule has 1 aromatic heterocycles. The number of aryl methyl sites for hydroxylation is 1. The minimum atomic E-state index is -3.24. The Morgan fingerprint density at radius 3 is 2.88 bits per heavy atom. The van der Waals surface area contributed by atoms with Gasteiger partial charge in [0, 0.05) is 11.1 Å². The van der Waals surface area contributed by atoms with Gasteiger partial charge in [-0.3, -0.25) is 4.98 Å². The third-order valence-corrected chi connectivity index (χ3v) is 6.26. The van der Waals surface area contributed by atoms with Crippen molar-refractivity contribution in [1.82, 2.24) is 4.98 Å². The second-order valence-corrected chi connectivity index (χ2v) is 8.15. The quantitative estimate of drug-likeness (QED) is 0.666. The highest BCUT2D eigenvalue weighted by atomic mass is 32.2. The summed E-state index contributed by atoms with van der Waals surface area (Å²) in [7, 11) is -3.24. The number of sulfone groups is 1. The lowest BCUT2D eigenvalue weighted by molar-refractivity contribution is 0.282. The number of fused-ring (bicyclic) bond motifs is 3. The molecule has 7 heteroatoms. The number of nitrogen functional groups attached to an aromatic ring is 1. The van der Waals surface area contributed by atoms with E-state index >= 15 is 0 Å². The molecule has 4 rings (SSSR count). The highest BCUT2D eigenvalue weighted by Crippen LogP contribution is 2.39. The lowest BCUT2D eigenvalue weighted by Gasteiger charge is -2.15. The summed E-state index contributed by atoms with van der Waals surface area (Å²) < 4.78 is 24.5. The Morgan fingerprint density at radius 1 is 1.24 bits per heavy atom. The predicted octanol–water partition coefficient (Wildman–Crippen LogP) is 2.38. The fourth-order valence-corrected chi connectivity index (χ4v) is 4.81. The van der Waals surface area contributed by atoms with Crippen molar-refractivity contribution in [2.75, 3.05) is 16.8 Å². The van der Waals surface area contributed by atoms with E-state index in [0.29, 0.717) is 28.2 Å². The van der Waals surface area contributed by atoms with Crippen molar-refractivity contribution in [2.45, 2.75) is 17.9 Å². The van der Waals surface area contributed by atoms with E-state index in [4.69, 9.17) is 5.73 Å². The standard InChI is InChI=1S/C18H17N3O3S/c19-14-9-20-15-4-5-16-13(6-7-25(16,23)24)17(15)18(14)21-12-3-1-2-11(8-12)10-22/h1-5,8-9,22H,6-7,10,19H2,(H,20,21). The molecule has 0 bridgehead atoms. The maximum Gasteiger partial charge on any atom is 0.179 e. The Labute approximate surface area is 145 Å². The second kappa shape index (κ2) is 5.72. The monoisotopic (exact) mass is 355 g/mol. The molecule has 1 aliphatic rings. The Hall–Kier alpha value is -2.64. The first-order chi connectivity index (χ1) is 12.0. The molecule has 2 aromatic carbocycles.